The van der Waals surface area contributed by atoms with E-state index in [1.54, 1.807) is 0 Å². The number of aryl methyl sites for hydroxylation is 2. The molecule has 0 saturated heterocycles. The van der Waals surface area contributed by atoms with Crippen LogP contribution < -0.4 is 10.1 Å². The summed E-state index contributed by atoms with van der Waals surface area (Å²) >= 11 is 0. The minimum absolute atomic E-state index is 0.0248. The molecule has 0 atom stereocenters. The Morgan fingerprint density at radius 2 is 1.73 bits per heavy atom. The van der Waals surface area contributed by atoms with Gasteiger partial charge in [-0.1, -0.05) is 36.8 Å². The molecular formula is C19H23NO2. The van der Waals surface area contributed by atoms with Crippen molar-refractivity contribution in [2.24, 2.45) is 0 Å². The standard InChI is InChI=1S/C19H23NO2/c1-3-16-8-10-17(11-9-16)20-19(21)5-4-14-22-18-12-6-15(2)7-13-18/h6-13H,3-5,14H2,1-2H3,(H,20,21). The molecule has 0 radical (unpaired) electrons. The predicted octanol–water partition coefficient (Wildman–Crippen LogP) is 4.36. The fraction of sp³-hybridized carbons (Fsp3) is 0.316. The van der Waals surface area contributed by atoms with Gasteiger partial charge in [0.1, 0.15) is 5.75 Å². The Hall–Kier alpha value is -2.29. The van der Waals surface area contributed by atoms with Crippen molar-refractivity contribution in [3.63, 3.8) is 0 Å². The zero-order chi connectivity index (χ0) is 15.8. The van der Waals surface area contributed by atoms with Crippen molar-refractivity contribution in [1.82, 2.24) is 0 Å². The average molecular weight is 297 g/mol. The van der Waals surface area contributed by atoms with Crippen molar-refractivity contribution in [3.05, 3.63) is 59.7 Å². The highest BCUT2D eigenvalue weighted by Gasteiger charge is 2.03. The van der Waals surface area contributed by atoms with Crippen LogP contribution in [0.5, 0.6) is 5.75 Å². The number of carbonyl (C=O) groups is 1. The summed E-state index contributed by atoms with van der Waals surface area (Å²) in [6.07, 6.45) is 2.17. The van der Waals surface area contributed by atoms with Gasteiger partial charge in [0.25, 0.3) is 0 Å². The first-order valence-corrected chi connectivity index (χ1v) is 7.75. The van der Waals surface area contributed by atoms with Gasteiger partial charge in [-0.15, -0.1) is 0 Å². The Balaban J connectivity index is 1.67. The molecule has 116 valence electrons. The number of carbonyl (C=O) groups excluding carboxylic acids is 1. The van der Waals surface area contributed by atoms with Gasteiger partial charge in [0.2, 0.25) is 5.91 Å². The molecule has 2 aromatic rings. The molecule has 3 nitrogen and oxygen atoms in total. The monoisotopic (exact) mass is 297 g/mol. The summed E-state index contributed by atoms with van der Waals surface area (Å²) in [5.74, 6) is 0.873. The number of benzene rings is 2. The second kappa shape index (κ2) is 8.23. The van der Waals surface area contributed by atoms with E-state index in [9.17, 15) is 4.79 Å². The minimum atomic E-state index is 0.0248. The number of nitrogens with one attached hydrogen (secondary N) is 1. The van der Waals surface area contributed by atoms with Gasteiger partial charge >= 0.3 is 0 Å². The number of amides is 1. The molecule has 0 unspecified atom stereocenters. The van der Waals surface area contributed by atoms with Crippen molar-refractivity contribution in [1.29, 1.82) is 0 Å². The maximum atomic E-state index is 11.9. The van der Waals surface area contributed by atoms with Crippen LogP contribution in [0.25, 0.3) is 0 Å². The van der Waals surface area contributed by atoms with E-state index >= 15 is 0 Å². The summed E-state index contributed by atoms with van der Waals surface area (Å²) in [6, 6.07) is 15.9. The van der Waals surface area contributed by atoms with Crippen LogP contribution in [-0.4, -0.2) is 12.5 Å². The van der Waals surface area contributed by atoms with E-state index in [-0.39, 0.29) is 5.91 Å². The molecule has 0 aromatic heterocycles. The minimum Gasteiger partial charge on any atom is -0.494 e. The number of rotatable bonds is 7. The van der Waals surface area contributed by atoms with Crippen LogP contribution in [0, 0.1) is 6.92 Å². The smallest absolute Gasteiger partial charge is 0.224 e. The fourth-order valence-electron chi connectivity index (χ4n) is 2.10. The van der Waals surface area contributed by atoms with E-state index < -0.39 is 0 Å². The van der Waals surface area contributed by atoms with Crippen LogP contribution in [0.1, 0.15) is 30.9 Å². The lowest BCUT2D eigenvalue weighted by atomic mass is 10.1. The van der Waals surface area contributed by atoms with Gasteiger partial charge in [0.05, 0.1) is 6.61 Å². The molecule has 2 rings (SSSR count). The Labute approximate surface area is 132 Å². The van der Waals surface area contributed by atoms with Crippen LogP contribution in [0.2, 0.25) is 0 Å². The van der Waals surface area contributed by atoms with Crippen molar-refractivity contribution < 1.29 is 9.53 Å². The summed E-state index contributed by atoms with van der Waals surface area (Å²) in [5, 5.41) is 2.90. The molecule has 1 amide bonds. The fourth-order valence-corrected chi connectivity index (χ4v) is 2.10. The Morgan fingerprint density at radius 1 is 1.05 bits per heavy atom. The average Bonchev–Trinajstić information content (AvgIpc) is 2.54. The molecule has 1 N–H and O–H groups in total. The molecule has 0 saturated carbocycles. The Morgan fingerprint density at radius 3 is 2.36 bits per heavy atom. The summed E-state index contributed by atoms with van der Waals surface area (Å²) in [6.45, 7) is 4.70. The van der Waals surface area contributed by atoms with Crippen LogP contribution >= 0.6 is 0 Å². The number of anilines is 1. The molecule has 0 fully saturated rings. The van der Waals surface area contributed by atoms with Crippen molar-refractivity contribution in [2.75, 3.05) is 11.9 Å². The summed E-state index contributed by atoms with van der Waals surface area (Å²) < 4.78 is 5.61. The van der Waals surface area contributed by atoms with E-state index in [0.29, 0.717) is 19.4 Å². The maximum Gasteiger partial charge on any atom is 0.224 e. The zero-order valence-corrected chi connectivity index (χ0v) is 13.3. The van der Waals surface area contributed by atoms with E-state index in [4.69, 9.17) is 4.74 Å². The van der Waals surface area contributed by atoms with Gasteiger partial charge in [-0.3, -0.25) is 4.79 Å². The second-order valence-electron chi connectivity index (χ2n) is 5.36. The molecule has 0 aliphatic rings. The molecule has 0 aliphatic carbocycles. The van der Waals surface area contributed by atoms with Gasteiger partial charge in [0, 0.05) is 12.1 Å². The van der Waals surface area contributed by atoms with Crippen molar-refractivity contribution in [3.8, 4) is 5.75 Å². The van der Waals surface area contributed by atoms with E-state index in [0.717, 1.165) is 17.9 Å². The van der Waals surface area contributed by atoms with Gasteiger partial charge in [-0.2, -0.15) is 0 Å². The molecule has 2 aromatic carbocycles. The van der Waals surface area contributed by atoms with E-state index in [2.05, 4.69) is 12.2 Å². The highest BCUT2D eigenvalue weighted by atomic mass is 16.5. The highest BCUT2D eigenvalue weighted by molar-refractivity contribution is 5.90. The summed E-state index contributed by atoms with van der Waals surface area (Å²) in [5.41, 5.74) is 3.33. The molecular weight excluding hydrogens is 274 g/mol. The SMILES string of the molecule is CCc1ccc(NC(=O)CCCOc2ccc(C)cc2)cc1. The third-order valence-corrected chi connectivity index (χ3v) is 3.48. The molecule has 0 spiro atoms. The van der Waals surface area contributed by atoms with Crippen LogP contribution in [0.4, 0.5) is 5.69 Å². The van der Waals surface area contributed by atoms with Crippen LogP contribution in [0.15, 0.2) is 48.5 Å². The topological polar surface area (TPSA) is 38.3 Å². The third-order valence-electron chi connectivity index (χ3n) is 3.48. The largest absolute Gasteiger partial charge is 0.494 e. The number of ether oxygens (including phenoxy) is 1. The normalized spacial score (nSPS) is 10.3. The Kier molecular flexibility index (Phi) is 6.01. The zero-order valence-electron chi connectivity index (χ0n) is 13.3. The molecule has 0 heterocycles. The lowest BCUT2D eigenvalue weighted by Crippen LogP contribution is -2.12. The first kappa shape index (κ1) is 16.1. The van der Waals surface area contributed by atoms with Crippen molar-refractivity contribution in [2.45, 2.75) is 33.1 Å². The molecule has 22 heavy (non-hydrogen) atoms. The molecule has 3 heteroatoms. The number of hydrogen-bond acceptors (Lipinski definition) is 2. The second-order valence-corrected chi connectivity index (χ2v) is 5.36. The lowest BCUT2D eigenvalue weighted by Gasteiger charge is -2.08. The van der Waals surface area contributed by atoms with Gasteiger partial charge in [0.15, 0.2) is 0 Å². The van der Waals surface area contributed by atoms with Gasteiger partial charge in [-0.25, -0.2) is 0 Å². The molecule has 0 bridgehead atoms. The van der Waals surface area contributed by atoms with Crippen LogP contribution in [-0.2, 0) is 11.2 Å². The first-order valence-electron chi connectivity index (χ1n) is 7.75. The number of hydrogen-bond donors (Lipinski definition) is 1. The first-order chi connectivity index (χ1) is 10.7. The quantitative estimate of drug-likeness (QED) is 0.771. The molecule has 0 aliphatic heterocycles. The summed E-state index contributed by atoms with van der Waals surface area (Å²) in [7, 11) is 0. The summed E-state index contributed by atoms with van der Waals surface area (Å²) in [4.78, 5) is 11.9. The lowest BCUT2D eigenvalue weighted by molar-refractivity contribution is -0.116. The third kappa shape index (κ3) is 5.24. The Bertz CT molecular complexity index is 588. The van der Waals surface area contributed by atoms with Gasteiger partial charge in [-0.05, 0) is 49.6 Å². The van der Waals surface area contributed by atoms with Crippen molar-refractivity contribution >= 4 is 11.6 Å². The highest BCUT2D eigenvalue weighted by Crippen LogP contribution is 2.13. The van der Waals surface area contributed by atoms with E-state index in [1.165, 1.54) is 11.1 Å². The van der Waals surface area contributed by atoms with Crippen LogP contribution in [0.3, 0.4) is 0 Å². The van der Waals surface area contributed by atoms with Gasteiger partial charge < -0.3 is 10.1 Å². The maximum absolute atomic E-state index is 11.9. The van der Waals surface area contributed by atoms with E-state index in [1.807, 2.05) is 55.5 Å². The predicted molar refractivity (Wildman–Crippen MR) is 90.4 cm³/mol.